The number of amides is 1. The summed E-state index contributed by atoms with van der Waals surface area (Å²) in [5.74, 6) is 0.583. The van der Waals surface area contributed by atoms with Gasteiger partial charge >= 0.3 is 0 Å². The van der Waals surface area contributed by atoms with Gasteiger partial charge in [-0.1, -0.05) is 18.0 Å². The summed E-state index contributed by atoms with van der Waals surface area (Å²) in [6, 6.07) is 7.60. The van der Waals surface area contributed by atoms with E-state index < -0.39 is 0 Å². The van der Waals surface area contributed by atoms with E-state index in [2.05, 4.69) is 11.0 Å². The molecule has 0 radical (unpaired) electrons. The second kappa shape index (κ2) is 5.95. The van der Waals surface area contributed by atoms with Gasteiger partial charge in [0.05, 0.1) is 11.3 Å². The van der Waals surface area contributed by atoms with Crippen molar-refractivity contribution in [2.75, 3.05) is 31.1 Å². The van der Waals surface area contributed by atoms with Gasteiger partial charge in [-0.25, -0.2) is 0 Å². The van der Waals surface area contributed by atoms with E-state index in [4.69, 9.17) is 11.6 Å². The van der Waals surface area contributed by atoms with E-state index >= 15 is 0 Å². The van der Waals surface area contributed by atoms with Crippen molar-refractivity contribution in [1.29, 1.82) is 5.26 Å². The van der Waals surface area contributed by atoms with Crippen LogP contribution in [0.5, 0.6) is 0 Å². The molecule has 1 aliphatic heterocycles. The third-order valence-electron chi connectivity index (χ3n) is 4.47. The van der Waals surface area contributed by atoms with Gasteiger partial charge < -0.3 is 9.80 Å². The zero-order valence-electron chi connectivity index (χ0n) is 11.9. The number of benzene rings is 1. The lowest BCUT2D eigenvalue weighted by Gasteiger charge is -2.39. The second-order valence-electron chi connectivity index (χ2n) is 5.71. The van der Waals surface area contributed by atoms with Crippen LogP contribution in [-0.4, -0.2) is 37.0 Å². The zero-order valence-corrected chi connectivity index (χ0v) is 12.6. The SMILES string of the molecule is N#Cc1cc(Cl)ccc1N1CCN(C(=O)C2CCC2)CC1. The second-order valence-corrected chi connectivity index (χ2v) is 6.15. The number of nitriles is 1. The lowest BCUT2D eigenvalue weighted by Crippen LogP contribution is -2.51. The monoisotopic (exact) mass is 303 g/mol. The maximum Gasteiger partial charge on any atom is 0.225 e. The molecule has 1 saturated carbocycles. The van der Waals surface area contributed by atoms with Crippen molar-refractivity contribution in [3.63, 3.8) is 0 Å². The summed E-state index contributed by atoms with van der Waals surface area (Å²) < 4.78 is 0. The number of hydrogen-bond acceptors (Lipinski definition) is 3. The summed E-state index contributed by atoms with van der Waals surface area (Å²) in [6.45, 7) is 3.02. The van der Waals surface area contributed by atoms with E-state index in [0.717, 1.165) is 44.7 Å². The van der Waals surface area contributed by atoms with E-state index in [9.17, 15) is 10.1 Å². The van der Waals surface area contributed by atoms with Crippen LogP contribution in [0.1, 0.15) is 24.8 Å². The van der Waals surface area contributed by atoms with Gasteiger partial charge in [-0.05, 0) is 31.0 Å². The van der Waals surface area contributed by atoms with E-state index in [0.29, 0.717) is 16.5 Å². The number of rotatable bonds is 2. The molecule has 0 aromatic heterocycles. The Morgan fingerprint density at radius 1 is 1.24 bits per heavy atom. The summed E-state index contributed by atoms with van der Waals surface area (Å²) >= 11 is 5.93. The van der Waals surface area contributed by atoms with E-state index in [1.807, 2.05) is 17.0 Å². The highest BCUT2D eigenvalue weighted by Crippen LogP contribution is 2.29. The number of piperazine rings is 1. The number of carbonyl (C=O) groups excluding carboxylic acids is 1. The molecule has 1 aromatic carbocycles. The van der Waals surface area contributed by atoms with E-state index in [1.165, 1.54) is 6.42 Å². The highest BCUT2D eigenvalue weighted by Gasteiger charge is 2.31. The number of anilines is 1. The first kappa shape index (κ1) is 14.2. The van der Waals surface area contributed by atoms with Crippen LogP contribution in [0, 0.1) is 17.2 Å². The fourth-order valence-corrected chi connectivity index (χ4v) is 3.13. The summed E-state index contributed by atoms with van der Waals surface area (Å²) in [6.07, 6.45) is 3.29. The van der Waals surface area contributed by atoms with Gasteiger partial charge in [0, 0.05) is 37.1 Å². The maximum atomic E-state index is 12.2. The third-order valence-corrected chi connectivity index (χ3v) is 4.70. The molecular weight excluding hydrogens is 286 g/mol. The van der Waals surface area contributed by atoms with Gasteiger partial charge in [-0.3, -0.25) is 4.79 Å². The average Bonchev–Trinajstić information content (AvgIpc) is 2.45. The van der Waals surface area contributed by atoms with Crippen LogP contribution in [0.15, 0.2) is 18.2 Å². The smallest absolute Gasteiger partial charge is 0.225 e. The first-order chi connectivity index (χ1) is 10.2. The van der Waals surface area contributed by atoms with Gasteiger partial charge in [0.2, 0.25) is 5.91 Å². The Labute approximate surface area is 129 Å². The number of halogens is 1. The largest absolute Gasteiger partial charge is 0.367 e. The van der Waals surface area contributed by atoms with Crippen molar-refractivity contribution >= 4 is 23.2 Å². The standard InChI is InChI=1S/C16H18ClN3O/c17-14-4-5-15(13(10-14)11-18)19-6-8-20(9-7-19)16(21)12-2-1-3-12/h4-5,10,12H,1-3,6-9H2. The van der Waals surface area contributed by atoms with Gasteiger partial charge in [-0.15, -0.1) is 0 Å². The molecule has 110 valence electrons. The molecule has 3 rings (SSSR count). The Bertz CT molecular complexity index is 584. The van der Waals surface area contributed by atoms with Crippen LogP contribution in [-0.2, 0) is 4.79 Å². The average molecular weight is 304 g/mol. The molecule has 2 fully saturated rings. The van der Waals surface area contributed by atoms with Crippen molar-refractivity contribution in [3.8, 4) is 6.07 Å². The molecule has 1 amide bonds. The zero-order chi connectivity index (χ0) is 14.8. The van der Waals surface area contributed by atoms with Crippen molar-refractivity contribution in [2.45, 2.75) is 19.3 Å². The first-order valence-corrected chi connectivity index (χ1v) is 7.80. The Hall–Kier alpha value is -1.73. The molecule has 5 heteroatoms. The minimum absolute atomic E-state index is 0.266. The van der Waals surface area contributed by atoms with Crippen molar-refractivity contribution in [3.05, 3.63) is 28.8 Å². The number of hydrogen-bond donors (Lipinski definition) is 0. The number of nitrogens with zero attached hydrogens (tertiary/aromatic N) is 3. The van der Waals surface area contributed by atoms with Gasteiger partial charge in [0.25, 0.3) is 0 Å². The normalized spacial score (nSPS) is 19.0. The quantitative estimate of drug-likeness (QED) is 0.844. The number of carbonyl (C=O) groups is 1. The van der Waals surface area contributed by atoms with Crippen LogP contribution >= 0.6 is 11.6 Å². The first-order valence-electron chi connectivity index (χ1n) is 7.42. The van der Waals surface area contributed by atoms with Gasteiger partial charge in [0.1, 0.15) is 6.07 Å². The fraction of sp³-hybridized carbons (Fsp3) is 0.500. The van der Waals surface area contributed by atoms with Crippen LogP contribution < -0.4 is 4.90 Å². The summed E-state index contributed by atoms with van der Waals surface area (Å²) in [5.41, 5.74) is 1.51. The minimum atomic E-state index is 0.266. The summed E-state index contributed by atoms with van der Waals surface area (Å²) in [4.78, 5) is 16.4. The third kappa shape index (κ3) is 2.84. The highest BCUT2D eigenvalue weighted by molar-refractivity contribution is 6.30. The van der Waals surface area contributed by atoms with Crippen molar-refractivity contribution < 1.29 is 4.79 Å². The molecule has 0 atom stereocenters. The van der Waals surface area contributed by atoms with Crippen molar-refractivity contribution in [1.82, 2.24) is 4.90 Å². The Morgan fingerprint density at radius 3 is 2.52 bits per heavy atom. The molecular formula is C16H18ClN3O. The van der Waals surface area contributed by atoms with Crippen LogP contribution in [0.2, 0.25) is 5.02 Å². The van der Waals surface area contributed by atoms with Crippen LogP contribution in [0.4, 0.5) is 5.69 Å². The van der Waals surface area contributed by atoms with Crippen LogP contribution in [0.25, 0.3) is 0 Å². The molecule has 1 heterocycles. The Balaban J connectivity index is 1.66. The lowest BCUT2D eigenvalue weighted by atomic mass is 9.84. The molecule has 2 aliphatic rings. The Kier molecular flexibility index (Phi) is 4.03. The molecule has 0 unspecified atom stereocenters. The fourth-order valence-electron chi connectivity index (χ4n) is 2.95. The molecule has 21 heavy (non-hydrogen) atoms. The molecule has 4 nitrogen and oxygen atoms in total. The van der Waals surface area contributed by atoms with Crippen LogP contribution in [0.3, 0.4) is 0 Å². The minimum Gasteiger partial charge on any atom is -0.367 e. The predicted octanol–water partition coefficient (Wildman–Crippen LogP) is 2.66. The molecule has 0 spiro atoms. The molecule has 0 bridgehead atoms. The molecule has 0 N–H and O–H groups in total. The predicted molar refractivity (Wildman–Crippen MR) is 82.3 cm³/mol. The lowest BCUT2D eigenvalue weighted by molar-refractivity contribution is -0.138. The molecule has 1 aromatic rings. The molecule has 1 aliphatic carbocycles. The summed E-state index contributed by atoms with van der Waals surface area (Å²) in [5, 5.41) is 9.80. The van der Waals surface area contributed by atoms with Gasteiger partial charge in [-0.2, -0.15) is 5.26 Å². The van der Waals surface area contributed by atoms with E-state index in [-0.39, 0.29) is 5.92 Å². The summed E-state index contributed by atoms with van der Waals surface area (Å²) in [7, 11) is 0. The highest BCUT2D eigenvalue weighted by atomic mass is 35.5. The topological polar surface area (TPSA) is 47.3 Å². The van der Waals surface area contributed by atoms with Crippen molar-refractivity contribution in [2.24, 2.45) is 5.92 Å². The van der Waals surface area contributed by atoms with Gasteiger partial charge in [0.15, 0.2) is 0 Å². The molecule has 1 saturated heterocycles. The Morgan fingerprint density at radius 2 is 1.95 bits per heavy atom. The maximum absolute atomic E-state index is 12.2. The van der Waals surface area contributed by atoms with E-state index in [1.54, 1.807) is 6.07 Å².